The third-order valence-electron chi connectivity index (χ3n) is 2.37. The molecule has 3 nitrogen and oxygen atoms in total. The normalized spacial score (nSPS) is 11.2. The number of rotatable bonds is 3. The van der Waals surface area contributed by atoms with Crippen LogP contribution in [0.15, 0.2) is 59.6 Å². The second-order valence-electron chi connectivity index (χ2n) is 3.55. The van der Waals surface area contributed by atoms with Crippen molar-refractivity contribution in [1.82, 2.24) is 0 Å². The fraction of sp³-hybridized carbons (Fsp3) is 0.0714. The van der Waals surface area contributed by atoms with Crippen LogP contribution in [0.5, 0.6) is 11.5 Å². The molecular formula is C14H14N2O. The zero-order chi connectivity index (χ0) is 12.1. The second kappa shape index (κ2) is 5.16. The van der Waals surface area contributed by atoms with E-state index in [2.05, 4.69) is 4.99 Å². The summed E-state index contributed by atoms with van der Waals surface area (Å²) in [5, 5.41) is 0. The van der Waals surface area contributed by atoms with Gasteiger partial charge in [0.15, 0.2) is 0 Å². The number of amidine groups is 1. The van der Waals surface area contributed by atoms with Crippen molar-refractivity contribution < 1.29 is 4.74 Å². The predicted molar refractivity (Wildman–Crippen MR) is 69.6 cm³/mol. The minimum atomic E-state index is 0.524. The lowest BCUT2D eigenvalue weighted by molar-refractivity contribution is 0.482. The minimum Gasteiger partial charge on any atom is -0.457 e. The summed E-state index contributed by atoms with van der Waals surface area (Å²) >= 11 is 0. The number of nitrogens with zero attached hydrogens (tertiary/aromatic N) is 1. The molecule has 17 heavy (non-hydrogen) atoms. The summed E-state index contributed by atoms with van der Waals surface area (Å²) in [4.78, 5) is 3.93. The Morgan fingerprint density at radius 3 is 2.12 bits per heavy atom. The van der Waals surface area contributed by atoms with E-state index in [4.69, 9.17) is 10.5 Å². The van der Waals surface area contributed by atoms with Crippen LogP contribution in [0, 0.1) is 0 Å². The Morgan fingerprint density at radius 1 is 0.941 bits per heavy atom. The van der Waals surface area contributed by atoms with E-state index in [0.717, 1.165) is 17.1 Å². The molecule has 0 aliphatic carbocycles. The van der Waals surface area contributed by atoms with Gasteiger partial charge in [0.1, 0.15) is 17.3 Å². The summed E-state index contributed by atoms with van der Waals surface area (Å²) in [6.45, 7) is 0. The lowest BCUT2D eigenvalue weighted by atomic mass is 10.2. The maximum absolute atomic E-state index is 5.71. The van der Waals surface area contributed by atoms with Gasteiger partial charge in [-0.15, -0.1) is 0 Å². The highest BCUT2D eigenvalue weighted by molar-refractivity contribution is 5.97. The number of hydrogen-bond donors (Lipinski definition) is 1. The van der Waals surface area contributed by atoms with Crippen LogP contribution in [0.1, 0.15) is 5.56 Å². The molecule has 3 heteroatoms. The molecular weight excluding hydrogens is 212 g/mol. The molecule has 0 heterocycles. The van der Waals surface area contributed by atoms with Gasteiger partial charge in [0.25, 0.3) is 0 Å². The molecule has 0 spiro atoms. The Morgan fingerprint density at radius 2 is 1.53 bits per heavy atom. The van der Waals surface area contributed by atoms with Gasteiger partial charge in [-0.1, -0.05) is 18.2 Å². The molecule has 0 fully saturated rings. The number of nitrogens with two attached hydrogens (primary N) is 1. The highest BCUT2D eigenvalue weighted by Crippen LogP contribution is 2.20. The first kappa shape index (κ1) is 11.2. The van der Waals surface area contributed by atoms with Crippen LogP contribution in [0.3, 0.4) is 0 Å². The number of hydrogen-bond acceptors (Lipinski definition) is 2. The number of ether oxygens (including phenoxy) is 1. The molecule has 2 N–H and O–H groups in total. The average molecular weight is 226 g/mol. The molecule has 2 aromatic rings. The van der Waals surface area contributed by atoms with Crippen LogP contribution >= 0.6 is 0 Å². The summed E-state index contributed by atoms with van der Waals surface area (Å²) in [5.74, 6) is 2.12. The molecule has 0 bridgehead atoms. The molecule has 0 aliphatic rings. The fourth-order valence-corrected chi connectivity index (χ4v) is 1.45. The summed E-state index contributed by atoms with van der Waals surface area (Å²) in [6.07, 6.45) is 0. The van der Waals surface area contributed by atoms with Gasteiger partial charge < -0.3 is 10.5 Å². The van der Waals surface area contributed by atoms with Crippen molar-refractivity contribution in [3.8, 4) is 11.5 Å². The van der Waals surface area contributed by atoms with Crippen molar-refractivity contribution in [1.29, 1.82) is 0 Å². The van der Waals surface area contributed by atoms with Crippen LogP contribution in [-0.2, 0) is 0 Å². The third-order valence-corrected chi connectivity index (χ3v) is 2.37. The van der Waals surface area contributed by atoms with Crippen LogP contribution in [0.4, 0.5) is 0 Å². The van der Waals surface area contributed by atoms with Gasteiger partial charge in [-0.2, -0.15) is 0 Å². The quantitative estimate of drug-likeness (QED) is 0.646. The molecule has 2 rings (SSSR count). The van der Waals surface area contributed by atoms with Gasteiger partial charge in [-0.3, -0.25) is 4.99 Å². The largest absolute Gasteiger partial charge is 0.457 e. The standard InChI is InChI=1S/C14H14N2O/c1-16-14(15)11-7-9-13(10-8-11)17-12-5-3-2-4-6-12/h2-10H,1H3,(H2,15,16). The lowest BCUT2D eigenvalue weighted by Gasteiger charge is -2.06. The Balaban J connectivity index is 2.14. The number of benzene rings is 2. The van der Waals surface area contributed by atoms with Gasteiger partial charge in [-0.25, -0.2) is 0 Å². The maximum Gasteiger partial charge on any atom is 0.127 e. The van der Waals surface area contributed by atoms with Crippen molar-refractivity contribution in [2.75, 3.05) is 7.05 Å². The van der Waals surface area contributed by atoms with E-state index >= 15 is 0 Å². The Kier molecular flexibility index (Phi) is 3.40. The predicted octanol–water partition coefficient (Wildman–Crippen LogP) is 2.81. The molecule has 2 aromatic carbocycles. The minimum absolute atomic E-state index is 0.524. The highest BCUT2D eigenvalue weighted by Gasteiger charge is 1.99. The maximum atomic E-state index is 5.71. The molecule has 0 atom stereocenters. The first-order chi connectivity index (χ1) is 8.29. The summed E-state index contributed by atoms with van der Waals surface area (Å²) < 4.78 is 5.67. The van der Waals surface area contributed by atoms with Crippen molar-refractivity contribution in [2.45, 2.75) is 0 Å². The molecule has 0 aliphatic heterocycles. The highest BCUT2D eigenvalue weighted by atomic mass is 16.5. The van der Waals surface area contributed by atoms with Gasteiger partial charge in [0, 0.05) is 12.6 Å². The van der Waals surface area contributed by atoms with Gasteiger partial charge >= 0.3 is 0 Å². The fourth-order valence-electron chi connectivity index (χ4n) is 1.45. The monoisotopic (exact) mass is 226 g/mol. The van der Waals surface area contributed by atoms with Crippen LogP contribution in [-0.4, -0.2) is 12.9 Å². The zero-order valence-electron chi connectivity index (χ0n) is 9.63. The van der Waals surface area contributed by atoms with Gasteiger partial charge in [0.05, 0.1) is 0 Å². The smallest absolute Gasteiger partial charge is 0.127 e. The first-order valence-corrected chi connectivity index (χ1v) is 5.35. The molecule has 0 saturated heterocycles. The number of aliphatic imine (C=N–C) groups is 1. The van der Waals surface area contributed by atoms with E-state index < -0.39 is 0 Å². The van der Waals surface area contributed by atoms with Crippen molar-refractivity contribution in [2.24, 2.45) is 10.7 Å². The topological polar surface area (TPSA) is 47.6 Å². The molecule has 0 unspecified atom stereocenters. The van der Waals surface area contributed by atoms with Crippen LogP contribution < -0.4 is 10.5 Å². The number of para-hydroxylation sites is 1. The van der Waals surface area contributed by atoms with Gasteiger partial charge in [-0.05, 0) is 36.4 Å². The summed E-state index contributed by atoms with van der Waals surface area (Å²) in [7, 11) is 1.67. The zero-order valence-corrected chi connectivity index (χ0v) is 9.63. The summed E-state index contributed by atoms with van der Waals surface area (Å²) in [6, 6.07) is 17.2. The molecule has 86 valence electrons. The van der Waals surface area contributed by atoms with Crippen molar-refractivity contribution >= 4 is 5.84 Å². The molecule has 0 aromatic heterocycles. The molecule has 0 saturated carbocycles. The van der Waals surface area contributed by atoms with E-state index in [1.54, 1.807) is 7.05 Å². The lowest BCUT2D eigenvalue weighted by Crippen LogP contribution is -2.12. The van der Waals surface area contributed by atoms with E-state index in [1.807, 2.05) is 54.6 Å². The Hall–Kier alpha value is -2.29. The van der Waals surface area contributed by atoms with Crippen LogP contribution in [0.2, 0.25) is 0 Å². The van der Waals surface area contributed by atoms with E-state index in [-0.39, 0.29) is 0 Å². The van der Waals surface area contributed by atoms with E-state index in [1.165, 1.54) is 0 Å². The molecule has 0 amide bonds. The first-order valence-electron chi connectivity index (χ1n) is 5.35. The molecule has 0 radical (unpaired) electrons. The SMILES string of the molecule is CN=C(N)c1ccc(Oc2ccccc2)cc1. The van der Waals surface area contributed by atoms with Crippen molar-refractivity contribution in [3.63, 3.8) is 0 Å². The summed E-state index contributed by atoms with van der Waals surface area (Å²) in [5.41, 5.74) is 6.60. The van der Waals surface area contributed by atoms with Gasteiger partial charge in [0.2, 0.25) is 0 Å². The second-order valence-corrected chi connectivity index (χ2v) is 3.55. The van der Waals surface area contributed by atoms with Crippen molar-refractivity contribution in [3.05, 3.63) is 60.2 Å². The third kappa shape index (κ3) is 2.84. The van der Waals surface area contributed by atoms with E-state index in [0.29, 0.717) is 5.84 Å². The van der Waals surface area contributed by atoms with E-state index in [9.17, 15) is 0 Å². The Labute approximate surface area is 101 Å². The Bertz CT molecular complexity index is 504. The average Bonchev–Trinajstić information content (AvgIpc) is 2.40. The van der Waals surface area contributed by atoms with Crippen LogP contribution in [0.25, 0.3) is 0 Å².